The lowest BCUT2D eigenvalue weighted by atomic mass is 9.70. The molecule has 0 spiro atoms. The number of anilines is 2. The minimum atomic E-state index is -4.77. The first kappa shape index (κ1) is 29.5. The fourth-order valence-electron chi connectivity index (χ4n) is 6.37. The van der Waals surface area contributed by atoms with Gasteiger partial charge in [0, 0.05) is 34.8 Å². The maximum Gasteiger partial charge on any atom is 0.573 e. The number of aromatic nitrogens is 2. The SMILES string of the molecule is C[C@@H]1C[C@H](n2c(Nc3ccc(OC(F)(F)F)cc3)nc3ccc(C(=O)NC4CCS(O)(O)CC4)cc32)CC(C)(C)C1. The lowest BCUT2D eigenvalue weighted by Crippen LogP contribution is -2.39. The van der Waals surface area contributed by atoms with Crippen LogP contribution in [0.2, 0.25) is 0 Å². The summed E-state index contributed by atoms with van der Waals surface area (Å²) in [4.78, 5) is 18.0. The number of hydrogen-bond donors (Lipinski definition) is 4. The maximum atomic E-state index is 13.2. The third kappa shape index (κ3) is 7.28. The number of hydrogen-bond acceptors (Lipinski definition) is 6. The number of fused-ring (bicyclic) bond motifs is 1. The van der Waals surface area contributed by atoms with Crippen LogP contribution in [0.15, 0.2) is 42.5 Å². The van der Waals surface area contributed by atoms with Crippen molar-refractivity contribution in [2.75, 3.05) is 16.8 Å². The van der Waals surface area contributed by atoms with Crippen LogP contribution in [-0.4, -0.2) is 48.5 Å². The number of nitrogens with one attached hydrogen (secondary N) is 2. The van der Waals surface area contributed by atoms with Crippen LogP contribution in [0, 0.1) is 11.3 Å². The molecule has 1 amide bonds. The van der Waals surface area contributed by atoms with E-state index in [9.17, 15) is 27.1 Å². The third-order valence-corrected chi connectivity index (χ3v) is 9.73. The molecular weight excluding hydrogens is 557 g/mol. The van der Waals surface area contributed by atoms with Crippen LogP contribution in [-0.2, 0) is 0 Å². The molecule has 2 aliphatic rings. The zero-order valence-electron chi connectivity index (χ0n) is 23.4. The summed E-state index contributed by atoms with van der Waals surface area (Å²) in [5.41, 5.74) is 2.63. The van der Waals surface area contributed by atoms with Gasteiger partial charge in [0.05, 0.1) is 11.0 Å². The Hall–Kier alpha value is -2.96. The van der Waals surface area contributed by atoms with Crippen LogP contribution >= 0.6 is 10.6 Å². The molecule has 12 heteroatoms. The van der Waals surface area contributed by atoms with Gasteiger partial charge in [0.15, 0.2) is 0 Å². The number of halogens is 3. The van der Waals surface area contributed by atoms with Crippen LogP contribution in [0.4, 0.5) is 24.8 Å². The van der Waals surface area contributed by atoms with Gasteiger partial charge in [0.1, 0.15) is 5.75 Å². The lowest BCUT2D eigenvalue weighted by molar-refractivity contribution is -0.274. The molecule has 2 aromatic carbocycles. The Labute approximate surface area is 239 Å². The van der Waals surface area contributed by atoms with Crippen molar-refractivity contribution < 1.29 is 31.8 Å². The Bertz CT molecular complexity index is 1400. The minimum Gasteiger partial charge on any atom is -0.406 e. The monoisotopic (exact) mass is 594 g/mol. The van der Waals surface area contributed by atoms with Crippen LogP contribution in [0.3, 0.4) is 0 Å². The zero-order chi connectivity index (χ0) is 29.6. The molecule has 5 rings (SSSR count). The molecule has 2 atom stereocenters. The molecule has 1 aliphatic heterocycles. The van der Waals surface area contributed by atoms with E-state index in [1.807, 2.05) is 6.07 Å². The van der Waals surface area contributed by atoms with Crippen LogP contribution in [0.25, 0.3) is 11.0 Å². The molecule has 0 radical (unpaired) electrons. The summed E-state index contributed by atoms with van der Waals surface area (Å²) in [6.07, 6.45) is -0.807. The Morgan fingerprint density at radius 3 is 2.41 bits per heavy atom. The average Bonchev–Trinajstić information content (AvgIpc) is 3.21. The number of carbonyl (C=O) groups is 1. The van der Waals surface area contributed by atoms with Crippen LogP contribution < -0.4 is 15.4 Å². The van der Waals surface area contributed by atoms with Gasteiger partial charge >= 0.3 is 6.36 Å². The molecule has 4 N–H and O–H groups in total. The highest BCUT2D eigenvalue weighted by Gasteiger charge is 2.35. The van der Waals surface area contributed by atoms with Crippen molar-refractivity contribution in [3.05, 3.63) is 48.0 Å². The highest BCUT2D eigenvalue weighted by Crippen LogP contribution is 2.46. The van der Waals surface area contributed by atoms with Crippen molar-refractivity contribution in [3.63, 3.8) is 0 Å². The molecule has 3 aromatic rings. The largest absolute Gasteiger partial charge is 0.573 e. The molecule has 8 nitrogen and oxygen atoms in total. The number of nitrogens with zero attached hydrogens (tertiary/aromatic N) is 2. The van der Waals surface area contributed by atoms with Crippen molar-refractivity contribution in [3.8, 4) is 5.75 Å². The number of rotatable bonds is 6. The molecule has 0 bridgehead atoms. The molecule has 1 aromatic heterocycles. The smallest absolute Gasteiger partial charge is 0.406 e. The fourth-order valence-corrected chi connectivity index (χ4v) is 7.90. The minimum absolute atomic E-state index is 0.0935. The van der Waals surface area contributed by atoms with E-state index < -0.39 is 17.0 Å². The first-order valence-corrected chi connectivity index (χ1v) is 15.7. The molecule has 1 aliphatic carbocycles. The molecule has 2 heterocycles. The van der Waals surface area contributed by atoms with Gasteiger partial charge in [-0.3, -0.25) is 13.9 Å². The molecular formula is C29H37F3N4O4S. The van der Waals surface area contributed by atoms with E-state index in [1.165, 1.54) is 24.3 Å². The normalized spacial score (nSPS) is 23.6. The van der Waals surface area contributed by atoms with Gasteiger partial charge in [-0.05, 0) is 85.9 Å². The molecule has 0 unspecified atom stereocenters. The molecule has 1 saturated carbocycles. The van der Waals surface area contributed by atoms with Gasteiger partial charge in [-0.15, -0.1) is 13.2 Å². The Balaban J connectivity index is 1.46. The van der Waals surface area contributed by atoms with E-state index in [1.54, 1.807) is 12.1 Å². The summed E-state index contributed by atoms with van der Waals surface area (Å²) in [6.45, 7) is 6.73. The highest BCUT2D eigenvalue weighted by molar-refractivity contribution is 8.24. The summed E-state index contributed by atoms with van der Waals surface area (Å²) < 4.78 is 63.8. The second-order valence-corrected chi connectivity index (χ2v) is 14.7. The predicted molar refractivity (Wildman–Crippen MR) is 155 cm³/mol. The molecule has 224 valence electrons. The van der Waals surface area contributed by atoms with E-state index >= 15 is 0 Å². The highest BCUT2D eigenvalue weighted by atomic mass is 32.3. The number of amides is 1. The maximum absolute atomic E-state index is 13.2. The summed E-state index contributed by atoms with van der Waals surface area (Å²) in [5.74, 6) is 1.07. The van der Waals surface area contributed by atoms with E-state index in [4.69, 9.17) is 4.98 Å². The van der Waals surface area contributed by atoms with Crippen LogP contribution in [0.1, 0.15) is 69.3 Å². The second-order valence-electron chi connectivity index (χ2n) is 12.2. The lowest BCUT2D eigenvalue weighted by Gasteiger charge is -2.40. The first-order chi connectivity index (χ1) is 19.2. The summed E-state index contributed by atoms with van der Waals surface area (Å²) in [7, 11) is -2.54. The van der Waals surface area contributed by atoms with Crippen molar-refractivity contribution in [2.45, 2.75) is 71.3 Å². The van der Waals surface area contributed by atoms with Gasteiger partial charge in [0.2, 0.25) is 5.95 Å². The van der Waals surface area contributed by atoms with Crippen molar-refractivity contribution in [1.82, 2.24) is 14.9 Å². The number of benzene rings is 2. The number of ether oxygens (including phenoxy) is 1. The molecule has 2 fully saturated rings. The van der Waals surface area contributed by atoms with Crippen molar-refractivity contribution in [2.24, 2.45) is 11.3 Å². The third-order valence-electron chi connectivity index (χ3n) is 7.95. The summed E-state index contributed by atoms with van der Waals surface area (Å²) in [6, 6.07) is 10.9. The van der Waals surface area contributed by atoms with Crippen molar-refractivity contribution in [1.29, 1.82) is 0 Å². The van der Waals surface area contributed by atoms with E-state index in [-0.39, 0.29) is 40.7 Å². The van der Waals surface area contributed by atoms with Gasteiger partial charge in [-0.1, -0.05) is 20.8 Å². The van der Waals surface area contributed by atoms with Gasteiger partial charge in [-0.2, -0.15) is 10.6 Å². The van der Waals surface area contributed by atoms with Gasteiger partial charge in [0.25, 0.3) is 5.91 Å². The van der Waals surface area contributed by atoms with E-state index in [2.05, 4.69) is 40.7 Å². The topological polar surface area (TPSA) is 109 Å². The zero-order valence-corrected chi connectivity index (χ0v) is 24.2. The Morgan fingerprint density at radius 1 is 1.10 bits per heavy atom. The quantitative estimate of drug-likeness (QED) is 0.233. The van der Waals surface area contributed by atoms with E-state index in [0.717, 1.165) is 24.8 Å². The average molecular weight is 595 g/mol. The van der Waals surface area contributed by atoms with Crippen molar-refractivity contribution >= 4 is 39.2 Å². The van der Waals surface area contributed by atoms with Gasteiger partial charge < -0.3 is 19.9 Å². The standard InChI is InChI=1S/C29H37F3N4O4S/c1-18-14-22(17-28(2,3)16-18)36-25-15-19(26(37)33-21-10-12-41(38,39)13-11-21)4-9-24(25)35-27(36)34-20-5-7-23(8-6-20)40-29(30,31)32/h4-9,15,18,21-22,38-39H,10-14,16-17H2,1-3H3,(H,33,37)(H,34,35)/t18-,22+/m1/s1. The second kappa shape index (κ2) is 11.0. The van der Waals surface area contributed by atoms with E-state index in [0.29, 0.717) is 41.5 Å². The Kier molecular flexibility index (Phi) is 7.95. The summed E-state index contributed by atoms with van der Waals surface area (Å²) >= 11 is 0. The predicted octanol–water partition coefficient (Wildman–Crippen LogP) is 7.71. The molecule has 1 saturated heterocycles. The number of alkyl halides is 3. The molecule has 41 heavy (non-hydrogen) atoms. The van der Waals surface area contributed by atoms with Gasteiger partial charge in [-0.25, -0.2) is 4.98 Å². The summed E-state index contributed by atoms with van der Waals surface area (Å²) in [5, 5.41) is 6.32. The Morgan fingerprint density at radius 2 is 1.78 bits per heavy atom. The van der Waals surface area contributed by atoms with Crippen LogP contribution in [0.5, 0.6) is 5.75 Å². The number of imidazole rings is 1. The number of carbonyl (C=O) groups excluding carboxylic acids is 1. The fraction of sp³-hybridized carbons (Fsp3) is 0.517. The first-order valence-electron chi connectivity index (χ1n) is 13.9.